The van der Waals surface area contributed by atoms with Crippen LogP contribution in [0.5, 0.6) is 5.88 Å². The van der Waals surface area contributed by atoms with Crippen LogP contribution in [-0.2, 0) is 0 Å². The zero-order chi connectivity index (χ0) is 11.4. The first-order valence-corrected chi connectivity index (χ1v) is 6.13. The predicted octanol–water partition coefficient (Wildman–Crippen LogP) is 2.64. The maximum Gasteiger partial charge on any atom is 0.232 e. The molecule has 1 aromatic heterocycles. The highest BCUT2D eigenvalue weighted by molar-refractivity contribution is 6.31. The Bertz CT molecular complexity index is 346. The molecule has 2 rings (SSSR count). The number of hydrogen-bond donors (Lipinski definition) is 1. The van der Waals surface area contributed by atoms with E-state index >= 15 is 0 Å². The van der Waals surface area contributed by atoms with Gasteiger partial charge in [-0.05, 0) is 38.4 Å². The van der Waals surface area contributed by atoms with E-state index in [-0.39, 0.29) is 6.10 Å². The van der Waals surface area contributed by atoms with Crippen LogP contribution in [0.4, 0.5) is 0 Å². The highest BCUT2D eigenvalue weighted by Gasteiger charge is 2.26. The molecule has 0 bridgehead atoms. The van der Waals surface area contributed by atoms with E-state index in [0.29, 0.717) is 16.9 Å². The second-order valence-electron chi connectivity index (χ2n) is 4.13. The summed E-state index contributed by atoms with van der Waals surface area (Å²) in [7, 11) is 1.98. The second kappa shape index (κ2) is 5.51. The summed E-state index contributed by atoms with van der Waals surface area (Å²) < 4.78 is 5.88. The highest BCUT2D eigenvalue weighted by atomic mass is 35.5. The zero-order valence-corrected chi connectivity index (χ0v) is 10.2. The van der Waals surface area contributed by atoms with Gasteiger partial charge in [-0.2, -0.15) is 0 Å². The smallest absolute Gasteiger partial charge is 0.232 e. The molecule has 88 valence electrons. The van der Waals surface area contributed by atoms with Gasteiger partial charge in [-0.15, -0.1) is 0 Å². The van der Waals surface area contributed by atoms with Crippen LogP contribution in [0.2, 0.25) is 5.02 Å². The molecular weight excluding hydrogens is 224 g/mol. The molecule has 1 N–H and O–H groups in total. The summed E-state index contributed by atoms with van der Waals surface area (Å²) in [6.07, 6.45) is 6.60. The lowest BCUT2D eigenvalue weighted by molar-refractivity contribution is 0.113. The maximum atomic E-state index is 6.03. The van der Waals surface area contributed by atoms with E-state index in [1.807, 2.05) is 13.1 Å². The number of nitrogens with zero attached hydrogens (tertiary/aromatic N) is 1. The predicted molar refractivity (Wildman–Crippen MR) is 65.0 cm³/mol. The molecule has 1 fully saturated rings. The van der Waals surface area contributed by atoms with E-state index in [4.69, 9.17) is 16.3 Å². The van der Waals surface area contributed by atoms with Crippen LogP contribution in [0.25, 0.3) is 0 Å². The van der Waals surface area contributed by atoms with Gasteiger partial charge in [0.15, 0.2) is 0 Å². The molecule has 1 aliphatic carbocycles. The van der Waals surface area contributed by atoms with Crippen molar-refractivity contribution in [2.75, 3.05) is 7.05 Å². The van der Waals surface area contributed by atoms with Gasteiger partial charge < -0.3 is 10.1 Å². The fourth-order valence-electron chi connectivity index (χ4n) is 2.17. The summed E-state index contributed by atoms with van der Waals surface area (Å²) in [5.74, 6) is 0.552. The van der Waals surface area contributed by atoms with Gasteiger partial charge in [-0.1, -0.05) is 18.0 Å². The number of rotatable bonds is 3. The Morgan fingerprint density at radius 1 is 1.44 bits per heavy atom. The van der Waals surface area contributed by atoms with Crippen molar-refractivity contribution in [2.45, 2.75) is 37.8 Å². The molecule has 3 nitrogen and oxygen atoms in total. The monoisotopic (exact) mass is 240 g/mol. The van der Waals surface area contributed by atoms with Crippen LogP contribution < -0.4 is 10.1 Å². The third kappa shape index (κ3) is 2.66. The lowest BCUT2D eigenvalue weighted by Gasteiger charge is -2.31. The third-order valence-electron chi connectivity index (χ3n) is 3.06. The molecule has 1 aliphatic rings. The van der Waals surface area contributed by atoms with Gasteiger partial charge in [-0.3, -0.25) is 0 Å². The average molecular weight is 241 g/mol. The summed E-state index contributed by atoms with van der Waals surface area (Å²) in [6.45, 7) is 0. The molecule has 0 amide bonds. The molecule has 0 aromatic carbocycles. The van der Waals surface area contributed by atoms with Crippen LogP contribution in [0.3, 0.4) is 0 Å². The van der Waals surface area contributed by atoms with Gasteiger partial charge in [-0.25, -0.2) is 4.98 Å². The number of aromatic nitrogens is 1. The number of pyridine rings is 1. The lowest BCUT2D eigenvalue weighted by Crippen LogP contribution is -2.43. The molecule has 1 saturated carbocycles. The standard InChI is InChI=1S/C12H17ClN2O/c1-14-10-6-2-3-7-11(10)16-12-9(13)5-4-8-15-12/h4-5,8,10-11,14H,2-3,6-7H2,1H3. The molecule has 1 heterocycles. The Labute approximate surface area is 101 Å². The molecule has 2 unspecified atom stereocenters. The van der Waals surface area contributed by atoms with E-state index in [1.54, 1.807) is 12.3 Å². The van der Waals surface area contributed by atoms with E-state index < -0.39 is 0 Å². The van der Waals surface area contributed by atoms with Crippen LogP contribution in [0, 0.1) is 0 Å². The summed E-state index contributed by atoms with van der Waals surface area (Å²) in [6, 6.07) is 4.03. The van der Waals surface area contributed by atoms with Gasteiger partial charge in [0.2, 0.25) is 5.88 Å². The van der Waals surface area contributed by atoms with Crippen molar-refractivity contribution in [3.05, 3.63) is 23.4 Å². The average Bonchev–Trinajstić information content (AvgIpc) is 2.33. The number of ether oxygens (including phenoxy) is 1. The second-order valence-corrected chi connectivity index (χ2v) is 4.53. The summed E-state index contributed by atoms with van der Waals surface area (Å²) >= 11 is 6.03. The van der Waals surface area contributed by atoms with Crippen molar-refractivity contribution in [2.24, 2.45) is 0 Å². The highest BCUT2D eigenvalue weighted by Crippen LogP contribution is 2.26. The van der Waals surface area contributed by atoms with Crippen LogP contribution in [-0.4, -0.2) is 24.2 Å². The molecule has 1 aromatic rings. The molecule has 0 radical (unpaired) electrons. The summed E-state index contributed by atoms with van der Waals surface area (Å²) in [4.78, 5) is 4.16. The number of hydrogen-bond acceptors (Lipinski definition) is 3. The van der Waals surface area contributed by atoms with Gasteiger partial charge in [0.1, 0.15) is 11.1 Å². The molecule has 0 spiro atoms. The summed E-state index contributed by atoms with van der Waals surface area (Å²) in [5, 5.41) is 3.88. The minimum Gasteiger partial charge on any atom is -0.472 e. The van der Waals surface area contributed by atoms with E-state index in [1.165, 1.54) is 12.8 Å². The SMILES string of the molecule is CNC1CCCCC1Oc1ncccc1Cl. The van der Waals surface area contributed by atoms with Gasteiger partial charge in [0.25, 0.3) is 0 Å². The van der Waals surface area contributed by atoms with E-state index in [0.717, 1.165) is 12.8 Å². The first-order chi connectivity index (χ1) is 7.81. The van der Waals surface area contributed by atoms with Gasteiger partial charge >= 0.3 is 0 Å². The first kappa shape index (κ1) is 11.7. The molecular formula is C12H17ClN2O. The largest absolute Gasteiger partial charge is 0.472 e. The molecule has 4 heteroatoms. The van der Waals surface area contributed by atoms with Crippen molar-refractivity contribution in [1.82, 2.24) is 10.3 Å². The molecule has 2 atom stereocenters. The van der Waals surface area contributed by atoms with Crippen molar-refractivity contribution in [3.8, 4) is 5.88 Å². The molecule has 0 saturated heterocycles. The third-order valence-corrected chi connectivity index (χ3v) is 3.35. The quantitative estimate of drug-likeness (QED) is 0.882. The molecule has 0 aliphatic heterocycles. The minimum atomic E-state index is 0.186. The van der Waals surface area contributed by atoms with Crippen LogP contribution >= 0.6 is 11.6 Å². The Morgan fingerprint density at radius 3 is 3.00 bits per heavy atom. The Morgan fingerprint density at radius 2 is 2.25 bits per heavy atom. The van der Waals surface area contributed by atoms with Crippen molar-refractivity contribution in [3.63, 3.8) is 0 Å². The fourth-order valence-corrected chi connectivity index (χ4v) is 2.34. The van der Waals surface area contributed by atoms with Crippen LogP contribution in [0.1, 0.15) is 25.7 Å². The van der Waals surface area contributed by atoms with Crippen molar-refractivity contribution < 1.29 is 4.74 Å². The number of nitrogens with one attached hydrogen (secondary N) is 1. The van der Waals surface area contributed by atoms with E-state index in [2.05, 4.69) is 10.3 Å². The molecule has 16 heavy (non-hydrogen) atoms. The summed E-state index contributed by atoms with van der Waals surface area (Å²) in [5.41, 5.74) is 0. The zero-order valence-electron chi connectivity index (χ0n) is 9.45. The van der Waals surface area contributed by atoms with Gasteiger partial charge in [0.05, 0.1) is 0 Å². The fraction of sp³-hybridized carbons (Fsp3) is 0.583. The first-order valence-electron chi connectivity index (χ1n) is 5.75. The van der Waals surface area contributed by atoms with Gasteiger partial charge in [0, 0.05) is 12.2 Å². The van der Waals surface area contributed by atoms with Crippen LogP contribution in [0.15, 0.2) is 18.3 Å². The number of likely N-dealkylation sites (N-methyl/N-ethyl adjacent to an activating group) is 1. The van der Waals surface area contributed by atoms with E-state index in [9.17, 15) is 0 Å². The van der Waals surface area contributed by atoms with Crippen molar-refractivity contribution in [1.29, 1.82) is 0 Å². The lowest BCUT2D eigenvalue weighted by atomic mass is 9.92. The topological polar surface area (TPSA) is 34.1 Å². The Balaban J connectivity index is 2.05. The Kier molecular flexibility index (Phi) is 4.02. The maximum absolute atomic E-state index is 6.03. The number of halogens is 1. The Hall–Kier alpha value is -0.800. The normalized spacial score (nSPS) is 25.4. The van der Waals surface area contributed by atoms with Crippen molar-refractivity contribution >= 4 is 11.6 Å². The minimum absolute atomic E-state index is 0.186.